The number of rotatable bonds is 3. The van der Waals surface area contributed by atoms with Crippen molar-refractivity contribution in [1.29, 1.82) is 0 Å². The number of anilines is 1. The highest BCUT2D eigenvalue weighted by molar-refractivity contribution is 5.85. The summed E-state index contributed by atoms with van der Waals surface area (Å²) >= 11 is 0. The largest absolute Gasteiger partial charge is 0.423 e. The zero-order valence-electron chi connectivity index (χ0n) is 9.53. The molecule has 0 aliphatic rings. The van der Waals surface area contributed by atoms with Crippen molar-refractivity contribution in [1.82, 2.24) is 0 Å². The zero-order valence-corrected chi connectivity index (χ0v) is 10.3. The summed E-state index contributed by atoms with van der Waals surface area (Å²) in [4.78, 5) is 11.4. The average molecular weight is 255 g/mol. The van der Waals surface area contributed by atoms with Crippen molar-refractivity contribution in [3.8, 4) is 0 Å². The minimum atomic E-state index is -0.329. The Morgan fingerprint density at radius 1 is 1.35 bits per heavy atom. The molecule has 0 aliphatic heterocycles. The van der Waals surface area contributed by atoms with Crippen molar-refractivity contribution in [3.63, 3.8) is 0 Å². The van der Waals surface area contributed by atoms with Crippen LogP contribution in [0.5, 0.6) is 0 Å². The Morgan fingerprint density at radius 2 is 2.12 bits per heavy atom. The quantitative estimate of drug-likeness (QED) is 0.819. The van der Waals surface area contributed by atoms with Crippen LogP contribution in [0, 0.1) is 0 Å². The van der Waals surface area contributed by atoms with E-state index in [-0.39, 0.29) is 18.0 Å². The van der Waals surface area contributed by atoms with E-state index < -0.39 is 0 Å². The van der Waals surface area contributed by atoms with Gasteiger partial charge in [-0.15, -0.1) is 12.4 Å². The summed E-state index contributed by atoms with van der Waals surface area (Å²) in [7, 11) is 1.82. The lowest BCUT2D eigenvalue weighted by Gasteiger charge is -2.05. The maximum absolute atomic E-state index is 11.4. The van der Waals surface area contributed by atoms with Gasteiger partial charge in [-0.25, -0.2) is 4.79 Å². The topological polar surface area (TPSA) is 68.3 Å². The van der Waals surface area contributed by atoms with Crippen molar-refractivity contribution in [2.75, 3.05) is 18.9 Å². The lowest BCUT2D eigenvalue weighted by atomic mass is 10.1. The molecule has 0 saturated carbocycles. The van der Waals surface area contributed by atoms with Crippen LogP contribution < -0.4 is 16.7 Å². The molecular weight excluding hydrogens is 240 g/mol. The number of hydrogen-bond donors (Lipinski definition) is 2. The predicted molar refractivity (Wildman–Crippen MR) is 72.0 cm³/mol. The van der Waals surface area contributed by atoms with Gasteiger partial charge in [0.1, 0.15) is 5.58 Å². The summed E-state index contributed by atoms with van der Waals surface area (Å²) in [6.45, 7) is 0.520. The van der Waals surface area contributed by atoms with Gasteiger partial charge in [-0.3, -0.25) is 0 Å². The van der Waals surface area contributed by atoms with E-state index in [2.05, 4.69) is 5.32 Å². The second kappa shape index (κ2) is 5.70. The van der Waals surface area contributed by atoms with Crippen LogP contribution in [0.1, 0.15) is 5.56 Å². The molecule has 3 N–H and O–H groups in total. The van der Waals surface area contributed by atoms with Crippen molar-refractivity contribution in [2.24, 2.45) is 5.73 Å². The molecule has 0 bridgehead atoms. The third kappa shape index (κ3) is 2.78. The highest BCUT2D eigenvalue weighted by atomic mass is 35.5. The van der Waals surface area contributed by atoms with Crippen LogP contribution in [0.4, 0.5) is 5.69 Å². The minimum Gasteiger partial charge on any atom is -0.423 e. The van der Waals surface area contributed by atoms with Crippen LogP contribution in [0.2, 0.25) is 0 Å². The van der Waals surface area contributed by atoms with Gasteiger partial charge in [-0.05, 0) is 30.7 Å². The monoisotopic (exact) mass is 254 g/mol. The molecule has 17 heavy (non-hydrogen) atoms. The van der Waals surface area contributed by atoms with Gasteiger partial charge in [0.15, 0.2) is 0 Å². The molecule has 92 valence electrons. The lowest BCUT2D eigenvalue weighted by molar-refractivity contribution is 0.559. The molecule has 0 radical (unpaired) electrons. The SMILES string of the molecule is CNc1ccc2c(CCN)cc(=O)oc2c1.Cl. The maximum Gasteiger partial charge on any atom is 0.336 e. The van der Waals surface area contributed by atoms with Gasteiger partial charge >= 0.3 is 5.63 Å². The number of benzene rings is 1. The summed E-state index contributed by atoms with van der Waals surface area (Å²) in [5, 5.41) is 3.95. The molecule has 5 heteroatoms. The number of nitrogens with one attached hydrogen (secondary N) is 1. The van der Waals surface area contributed by atoms with Crippen LogP contribution in [-0.2, 0) is 6.42 Å². The predicted octanol–water partition coefficient (Wildman–Crippen LogP) is 1.76. The molecule has 0 amide bonds. The van der Waals surface area contributed by atoms with Gasteiger partial charge in [0.2, 0.25) is 0 Å². The summed E-state index contributed by atoms with van der Waals surface area (Å²) < 4.78 is 5.15. The van der Waals surface area contributed by atoms with E-state index in [4.69, 9.17) is 10.2 Å². The Morgan fingerprint density at radius 3 is 2.76 bits per heavy atom. The fraction of sp³-hybridized carbons (Fsp3) is 0.250. The number of halogens is 1. The van der Waals surface area contributed by atoms with Crippen molar-refractivity contribution < 1.29 is 4.42 Å². The van der Waals surface area contributed by atoms with Gasteiger partial charge in [-0.1, -0.05) is 0 Å². The van der Waals surface area contributed by atoms with Crippen LogP contribution in [-0.4, -0.2) is 13.6 Å². The van der Waals surface area contributed by atoms with E-state index in [1.54, 1.807) is 0 Å². The van der Waals surface area contributed by atoms with Gasteiger partial charge in [-0.2, -0.15) is 0 Å². The van der Waals surface area contributed by atoms with Gasteiger partial charge in [0.05, 0.1) is 0 Å². The first-order chi connectivity index (χ1) is 7.74. The second-order valence-corrected chi connectivity index (χ2v) is 3.59. The van der Waals surface area contributed by atoms with Crippen LogP contribution in [0.25, 0.3) is 11.0 Å². The first-order valence-corrected chi connectivity index (χ1v) is 5.19. The van der Waals surface area contributed by atoms with E-state index in [1.165, 1.54) is 6.07 Å². The normalized spacial score (nSPS) is 10.0. The second-order valence-electron chi connectivity index (χ2n) is 3.59. The van der Waals surface area contributed by atoms with E-state index in [1.807, 2.05) is 25.2 Å². The molecule has 0 aliphatic carbocycles. The van der Waals surface area contributed by atoms with Crippen LogP contribution in [0.3, 0.4) is 0 Å². The van der Waals surface area contributed by atoms with Gasteiger partial charge < -0.3 is 15.5 Å². The molecule has 0 spiro atoms. The van der Waals surface area contributed by atoms with Crippen molar-refractivity contribution in [2.45, 2.75) is 6.42 Å². The zero-order chi connectivity index (χ0) is 11.5. The van der Waals surface area contributed by atoms with E-state index in [9.17, 15) is 4.79 Å². The molecule has 2 rings (SSSR count). The van der Waals surface area contributed by atoms with Gasteiger partial charge in [0.25, 0.3) is 0 Å². The molecule has 1 heterocycles. The molecule has 0 atom stereocenters. The molecule has 0 unspecified atom stereocenters. The van der Waals surface area contributed by atoms with E-state index in [0.717, 1.165) is 16.6 Å². The van der Waals surface area contributed by atoms with E-state index in [0.29, 0.717) is 18.5 Å². The number of fused-ring (bicyclic) bond motifs is 1. The Balaban J connectivity index is 0.00000144. The highest BCUT2D eigenvalue weighted by Gasteiger charge is 2.05. The lowest BCUT2D eigenvalue weighted by Crippen LogP contribution is -2.07. The number of nitrogens with two attached hydrogens (primary N) is 1. The first kappa shape index (κ1) is 13.5. The molecule has 0 fully saturated rings. The Bertz CT molecular complexity index is 566. The standard InChI is InChI=1S/C12H14N2O2.ClH/c1-14-9-2-3-10-8(4-5-13)6-12(15)16-11(10)7-9;/h2-3,6-7,14H,4-5,13H2,1H3;1H. The fourth-order valence-corrected chi connectivity index (χ4v) is 1.75. The molecule has 2 aromatic rings. The molecule has 0 saturated heterocycles. The summed E-state index contributed by atoms with van der Waals surface area (Å²) in [6, 6.07) is 7.21. The molecule has 4 nitrogen and oxygen atoms in total. The molecule has 1 aromatic heterocycles. The molecule has 1 aromatic carbocycles. The fourth-order valence-electron chi connectivity index (χ4n) is 1.75. The van der Waals surface area contributed by atoms with Crippen LogP contribution >= 0.6 is 12.4 Å². The smallest absolute Gasteiger partial charge is 0.336 e. The Kier molecular flexibility index (Phi) is 4.54. The highest BCUT2D eigenvalue weighted by Crippen LogP contribution is 2.21. The summed E-state index contributed by atoms with van der Waals surface area (Å²) in [5.41, 5.74) is 7.64. The first-order valence-electron chi connectivity index (χ1n) is 5.19. The average Bonchev–Trinajstić information content (AvgIpc) is 2.28. The van der Waals surface area contributed by atoms with Crippen molar-refractivity contribution in [3.05, 3.63) is 40.2 Å². The van der Waals surface area contributed by atoms with Crippen LogP contribution in [0.15, 0.2) is 33.5 Å². The summed E-state index contributed by atoms with van der Waals surface area (Å²) in [5.74, 6) is 0. The third-order valence-corrected chi connectivity index (χ3v) is 2.53. The summed E-state index contributed by atoms with van der Waals surface area (Å²) in [6.07, 6.45) is 0.682. The van der Waals surface area contributed by atoms with E-state index >= 15 is 0 Å². The minimum absolute atomic E-state index is 0. The third-order valence-electron chi connectivity index (χ3n) is 2.53. The Hall–Kier alpha value is -1.52. The maximum atomic E-state index is 11.4. The number of hydrogen-bond acceptors (Lipinski definition) is 4. The van der Waals surface area contributed by atoms with Crippen molar-refractivity contribution >= 4 is 29.1 Å². The Labute approximate surface area is 105 Å². The molecular formula is C12H15ClN2O2. The van der Waals surface area contributed by atoms with Gasteiger partial charge in [0, 0.05) is 30.3 Å².